The van der Waals surface area contributed by atoms with Crippen LogP contribution in [0.5, 0.6) is 0 Å². The number of nitrogens with one attached hydrogen (secondary N) is 1. The summed E-state index contributed by atoms with van der Waals surface area (Å²) >= 11 is 3.16. The third-order valence-electron chi connectivity index (χ3n) is 2.79. The number of hydrogen-bond acceptors (Lipinski definition) is 4. The van der Waals surface area contributed by atoms with Gasteiger partial charge in [-0.3, -0.25) is 0 Å². The molecule has 106 valence electrons. The topological polar surface area (TPSA) is 79.5 Å². The van der Waals surface area contributed by atoms with E-state index < -0.39 is 11.8 Å². The van der Waals surface area contributed by atoms with Crippen molar-refractivity contribution in [3.05, 3.63) is 52.6 Å². The molecule has 0 amide bonds. The van der Waals surface area contributed by atoms with Crippen LogP contribution < -0.4 is 5.32 Å². The average Bonchev–Trinajstić information content (AvgIpc) is 2.88. The van der Waals surface area contributed by atoms with Gasteiger partial charge in [-0.05, 0) is 18.2 Å². The molecule has 3 rings (SSSR count). The van der Waals surface area contributed by atoms with E-state index in [-0.39, 0.29) is 17.1 Å². The molecule has 2 N–H and O–H groups in total. The van der Waals surface area contributed by atoms with Crippen LogP contribution in [-0.2, 0) is 0 Å². The van der Waals surface area contributed by atoms with Crippen molar-refractivity contribution >= 4 is 38.9 Å². The largest absolute Gasteiger partial charge is 0.476 e. The molecule has 0 aliphatic heterocycles. The maximum atomic E-state index is 13.8. The van der Waals surface area contributed by atoms with E-state index >= 15 is 0 Å². The highest BCUT2D eigenvalue weighted by molar-refractivity contribution is 9.10. The van der Waals surface area contributed by atoms with Crippen LogP contribution in [0.3, 0.4) is 0 Å². The van der Waals surface area contributed by atoms with Crippen LogP contribution in [0, 0.1) is 5.82 Å². The van der Waals surface area contributed by atoms with E-state index in [1.54, 1.807) is 6.07 Å². The molecule has 3 aromatic rings. The maximum absolute atomic E-state index is 13.8. The smallest absolute Gasteiger partial charge is 0.358 e. The number of rotatable bonds is 3. The molecule has 2 heterocycles. The van der Waals surface area contributed by atoms with Gasteiger partial charge in [0.2, 0.25) is 0 Å². The van der Waals surface area contributed by atoms with Gasteiger partial charge >= 0.3 is 5.97 Å². The Morgan fingerprint density at radius 2 is 2.14 bits per heavy atom. The van der Waals surface area contributed by atoms with Gasteiger partial charge in [-0.1, -0.05) is 15.9 Å². The molecule has 1 aromatic carbocycles. The van der Waals surface area contributed by atoms with Crippen molar-refractivity contribution in [3.8, 4) is 0 Å². The third-order valence-corrected chi connectivity index (χ3v) is 3.28. The lowest BCUT2D eigenvalue weighted by atomic mass is 10.2. The molecule has 0 saturated carbocycles. The highest BCUT2D eigenvalue weighted by atomic mass is 79.9. The minimum absolute atomic E-state index is 0.151. The Morgan fingerprint density at radius 1 is 1.33 bits per heavy atom. The quantitative estimate of drug-likeness (QED) is 0.758. The van der Waals surface area contributed by atoms with E-state index in [1.165, 1.54) is 35.1 Å². The molecule has 0 saturated heterocycles. The lowest BCUT2D eigenvalue weighted by molar-refractivity contribution is 0.0690. The first kappa shape index (κ1) is 13.5. The lowest BCUT2D eigenvalue weighted by Crippen LogP contribution is -2.09. The Balaban J connectivity index is 2.09. The number of carboxylic acids is 1. The van der Waals surface area contributed by atoms with Crippen molar-refractivity contribution in [1.82, 2.24) is 14.6 Å². The molecular formula is C13H8BrFN4O2. The number of benzene rings is 1. The summed E-state index contributed by atoms with van der Waals surface area (Å²) in [4.78, 5) is 15.3. The summed E-state index contributed by atoms with van der Waals surface area (Å²) in [6, 6.07) is 5.93. The standard InChI is InChI=1S/C13H8BrFN4O2/c14-7-1-2-9(8(15)5-7)17-10-6-11-16-3-4-19(11)18-12(10)13(20)21/h1-6,17H,(H,20,21). The van der Waals surface area contributed by atoms with Crippen LogP contribution in [0.15, 0.2) is 41.1 Å². The Labute approximate surface area is 126 Å². The summed E-state index contributed by atoms with van der Waals surface area (Å²) in [6.07, 6.45) is 3.03. The number of hydrogen-bond donors (Lipinski definition) is 2. The van der Waals surface area contributed by atoms with E-state index in [4.69, 9.17) is 0 Å². The molecule has 0 spiro atoms. The average molecular weight is 351 g/mol. The fourth-order valence-electron chi connectivity index (χ4n) is 1.84. The Morgan fingerprint density at radius 3 is 2.86 bits per heavy atom. The van der Waals surface area contributed by atoms with E-state index in [9.17, 15) is 14.3 Å². The number of carbonyl (C=O) groups is 1. The van der Waals surface area contributed by atoms with Crippen molar-refractivity contribution in [1.29, 1.82) is 0 Å². The van der Waals surface area contributed by atoms with Gasteiger partial charge in [-0.15, -0.1) is 0 Å². The molecule has 6 nitrogen and oxygen atoms in total. The number of fused-ring (bicyclic) bond motifs is 1. The molecule has 0 aliphatic rings. The summed E-state index contributed by atoms with van der Waals surface area (Å²) < 4.78 is 15.8. The summed E-state index contributed by atoms with van der Waals surface area (Å²) in [6.45, 7) is 0. The second kappa shape index (κ2) is 5.13. The Bertz CT molecular complexity index is 849. The van der Waals surface area contributed by atoms with Crippen LogP contribution in [0.2, 0.25) is 0 Å². The highest BCUT2D eigenvalue weighted by Gasteiger charge is 2.16. The predicted molar refractivity (Wildman–Crippen MR) is 77.3 cm³/mol. The van der Waals surface area contributed by atoms with Crippen LogP contribution in [0.1, 0.15) is 10.5 Å². The number of nitrogens with zero attached hydrogens (tertiary/aromatic N) is 3. The second-order valence-corrected chi connectivity index (χ2v) is 5.11. The van der Waals surface area contributed by atoms with E-state index in [0.29, 0.717) is 10.1 Å². The molecule has 0 atom stereocenters. The Kier molecular flexibility index (Phi) is 3.30. The number of halogens is 2. The van der Waals surface area contributed by atoms with Crippen molar-refractivity contribution in [2.24, 2.45) is 0 Å². The van der Waals surface area contributed by atoms with Gasteiger partial charge in [0.15, 0.2) is 11.3 Å². The first-order valence-electron chi connectivity index (χ1n) is 5.84. The Hall–Kier alpha value is -2.48. The number of aromatic nitrogens is 3. The van der Waals surface area contributed by atoms with Crippen LogP contribution in [0.4, 0.5) is 15.8 Å². The molecule has 0 radical (unpaired) electrons. The molecule has 0 fully saturated rings. The third kappa shape index (κ3) is 2.57. The summed E-state index contributed by atoms with van der Waals surface area (Å²) in [5, 5.41) is 15.9. The van der Waals surface area contributed by atoms with Crippen molar-refractivity contribution in [2.45, 2.75) is 0 Å². The summed E-state index contributed by atoms with van der Waals surface area (Å²) in [5.41, 5.74) is 0.559. The summed E-state index contributed by atoms with van der Waals surface area (Å²) in [5.74, 6) is -1.73. The van der Waals surface area contributed by atoms with Gasteiger partial charge in [-0.25, -0.2) is 18.7 Å². The fourth-order valence-corrected chi connectivity index (χ4v) is 2.18. The SMILES string of the molecule is O=C(O)c1nn2ccnc2cc1Nc1ccc(Br)cc1F. The van der Waals surface area contributed by atoms with Crippen molar-refractivity contribution < 1.29 is 14.3 Å². The van der Waals surface area contributed by atoms with Crippen LogP contribution in [0.25, 0.3) is 5.65 Å². The summed E-state index contributed by atoms with van der Waals surface area (Å²) in [7, 11) is 0. The molecule has 21 heavy (non-hydrogen) atoms. The minimum atomic E-state index is -1.22. The fraction of sp³-hybridized carbons (Fsp3) is 0. The van der Waals surface area contributed by atoms with Gasteiger partial charge in [-0.2, -0.15) is 5.10 Å². The monoisotopic (exact) mass is 350 g/mol. The van der Waals surface area contributed by atoms with E-state index in [1.807, 2.05) is 0 Å². The van der Waals surface area contributed by atoms with Crippen molar-refractivity contribution in [3.63, 3.8) is 0 Å². The molecule has 8 heteroatoms. The van der Waals surface area contributed by atoms with Gasteiger partial charge in [0.1, 0.15) is 5.82 Å². The number of anilines is 2. The van der Waals surface area contributed by atoms with E-state index in [0.717, 1.165) is 0 Å². The van der Waals surface area contributed by atoms with Gasteiger partial charge < -0.3 is 10.4 Å². The number of carboxylic acid groups (broad SMARTS) is 1. The maximum Gasteiger partial charge on any atom is 0.358 e. The zero-order valence-corrected chi connectivity index (χ0v) is 12.0. The van der Waals surface area contributed by atoms with Crippen molar-refractivity contribution in [2.75, 3.05) is 5.32 Å². The molecule has 0 bridgehead atoms. The second-order valence-electron chi connectivity index (χ2n) is 4.19. The van der Waals surface area contributed by atoms with Crippen LogP contribution >= 0.6 is 15.9 Å². The predicted octanol–water partition coefficient (Wildman–Crippen LogP) is 3.07. The molecule has 2 aromatic heterocycles. The number of aromatic carboxylic acids is 1. The molecular weight excluding hydrogens is 343 g/mol. The lowest BCUT2D eigenvalue weighted by Gasteiger charge is -2.10. The highest BCUT2D eigenvalue weighted by Crippen LogP contribution is 2.25. The zero-order chi connectivity index (χ0) is 15.0. The van der Waals surface area contributed by atoms with Gasteiger partial charge in [0.25, 0.3) is 0 Å². The molecule has 0 aliphatic carbocycles. The normalized spacial score (nSPS) is 10.8. The van der Waals surface area contributed by atoms with Crippen LogP contribution in [-0.4, -0.2) is 25.7 Å². The first-order chi connectivity index (χ1) is 10.0. The van der Waals surface area contributed by atoms with E-state index in [2.05, 4.69) is 31.3 Å². The molecule has 0 unspecified atom stereocenters. The van der Waals surface area contributed by atoms with Gasteiger partial charge in [0.05, 0.1) is 11.4 Å². The first-order valence-corrected chi connectivity index (χ1v) is 6.63. The van der Waals surface area contributed by atoms with Gasteiger partial charge in [0, 0.05) is 22.9 Å². The minimum Gasteiger partial charge on any atom is -0.476 e. The zero-order valence-electron chi connectivity index (χ0n) is 10.4. The number of imidazole rings is 1.